The molecule has 0 spiro atoms. The molecular weight excluding hydrogens is 435 g/mol. The molecule has 3 aliphatic rings. The summed E-state index contributed by atoms with van der Waals surface area (Å²) in [6.45, 7) is 7.67. The van der Waals surface area contributed by atoms with E-state index in [1.807, 2.05) is 25.1 Å². The van der Waals surface area contributed by atoms with Crippen LogP contribution in [0.5, 0.6) is 5.75 Å². The number of nitrogens with zero attached hydrogens (tertiary/aromatic N) is 3. The fraction of sp³-hybridized carbons (Fsp3) is 0.600. The molecule has 2 saturated heterocycles. The lowest BCUT2D eigenvalue weighted by molar-refractivity contribution is -0.0110. The van der Waals surface area contributed by atoms with Gasteiger partial charge in [-0.15, -0.1) is 0 Å². The largest absolute Gasteiger partial charge is 0.490 e. The number of aliphatic hydroxyl groups is 1. The predicted molar refractivity (Wildman–Crippen MR) is 130 cm³/mol. The maximum absolute atomic E-state index is 14.4. The number of benzene rings is 1. The first-order chi connectivity index (χ1) is 16.3. The van der Waals surface area contributed by atoms with Crippen molar-refractivity contribution in [1.29, 1.82) is 0 Å². The number of halogens is 1. The Morgan fingerprint density at radius 1 is 1.21 bits per heavy atom. The summed E-state index contributed by atoms with van der Waals surface area (Å²) in [7, 11) is 0. The molecule has 2 atom stereocenters. The monoisotopic (exact) mass is 470 g/mol. The van der Waals surface area contributed by atoms with E-state index >= 15 is 0 Å². The molecule has 184 valence electrons. The second kappa shape index (κ2) is 9.28. The van der Waals surface area contributed by atoms with Gasteiger partial charge in [0.25, 0.3) is 0 Å². The quantitative estimate of drug-likeness (QED) is 0.453. The standard InChI is InChI=1S/C25H35FN6O2/c1-15-10-16(4-5-22(15)34-20-12-19(33)13-20)28-24-27-14-21(26)23(29-24)31-30-17-7-9-32-18(11-17)6-8-25(32,2)3/h4-5,10,14,17-20,30,33H,6-9,11-13H2,1-3H3,(H2,27,28,29,31)/t17-,18-,19?,20?/m0/s1. The summed E-state index contributed by atoms with van der Waals surface area (Å²) in [5.74, 6) is 0.742. The average molecular weight is 471 g/mol. The number of hydrogen-bond acceptors (Lipinski definition) is 8. The first kappa shape index (κ1) is 23.3. The van der Waals surface area contributed by atoms with Gasteiger partial charge in [0, 0.05) is 42.7 Å². The van der Waals surface area contributed by atoms with Gasteiger partial charge in [0.2, 0.25) is 5.95 Å². The Bertz CT molecular complexity index is 1030. The van der Waals surface area contributed by atoms with Gasteiger partial charge in [-0.05, 0) is 70.2 Å². The van der Waals surface area contributed by atoms with Crippen LogP contribution in [0.3, 0.4) is 0 Å². The number of aryl methyl sites for hydroxylation is 1. The Labute approximate surface area is 200 Å². The van der Waals surface area contributed by atoms with E-state index < -0.39 is 5.82 Å². The van der Waals surface area contributed by atoms with E-state index in [9.17, 15) is 9.50 Å². The van der Waals surface area contributed by atoms with E-state index in [1.165, 1.54) is 19.0 Å². The first-order valence-corrected chi connectivity index (χ1v) is 12.3. The molecule has 5 rings (SSSR count). The molecule has 3 heterocycles. The summed E-state index contributed by atoms with van der Waals surface area (Å²) in [6.07, 6.45) is 6.84. The van der Waals surface area contributed by atoms with Crippen LogP contribution in [0.1, 0.15) is 57.9 Å². The van der Waals surface area contributed by atoms with Gasteiger partial charge in [0.05, 0.1) is 12.3 Å². The molecule has 1 aromatic heterocycles. The SMILES string of the molecule is Cc1cc(Nc2ncc(F)c(NN[C@H]3CCN4[C@@H](CCC4(C)C)C3)n2)ccc1OC1CC(O)C1. The lowest BCUT2D eigenvalue weighted by Gasteiger charge is -2.42. The number of ether oxygens (including phenoxy) is 1. The van der Waals surface area contributed by atoms with Crippen molar-refractivity contribution < 1.29 is 14.2 Å². The van der Waals surface area contributed by atoms with Gasteiger partial charge in [-0.25, -0.2) is 14.8 Å². The van der Waals surface area contributed by atoms with Crippen molar-refractivity contribution in [3.63, 3.8) is 0 Å². The number of nitrogens with one attached hydrogen (secondary N) is 3. The molecule has 8 nitrogen and oxygen atoms in total. The van der Waals surface area contributed by atoms with Gasteiger partial charge in [-0.2, -0.15) is 4.98 Å². The molecule has 1 saturated carbocycles. The molecule has 1 aliphatic carbocycles. The number of piperidine rings is 1. The highest BCUT2D eigenvalue weighted by Gasteiger charge is 2.42. The molecule has 0 radical (unpaired) electrons. The maximum Gasteiger partial charge on any atom is 0.229 e. The zero-order valence-electron chi connectivity index (χ0n) is 20.1. The summed E-state index contributed by atoms with van der Waals surface area (Å²) in [5.41, 5.74) is 8.32. The second-order valence-electron chi connectivity index (χ2n) is 10.5. The molecular formula is C25H35FN6O2. The van der Waals surface area contributed by atoms with Crippen LogP contribution in [0.15, 0.2) is 24.4 Å². The summed E-state index contributed by atoms with van der Waals surface area (Å²) >= 11 is 0. The predicted octanol–water partition coefficient (Wildman–Crippen LogP) is 3.89. The zero-order valence-corrected chi connectivity index (χ0v) is 20.1. The summed E-state index contributed by atoms with van der Waals surface area (Å²) in [5, 5.41) is 12.6. The van der Waals surface area contributed by atoms with Crippen LogP contribution in [0, 0.1) is 12.7 Å². The number of aromatic nitrogens is 2. The van der Waals surface area contributed by atoms with Crippen LogP contribution in [0.25, 0.3) is 0 Å². The third kappa shape index (κ3) is 4.96. The number of hydrogen-bond donors (Lipinski definition) is 4. The third-order valence-electron chi connectivity index (χ3n) is 7.52. The minimum absolute atomic E-state index is 0.0708. The molecule has 1 aromatic carbocycles. The van der Waals surface area contributed by atoms with Crippen LogP contribution < -0.4 is 20.9 Å². The number of rotatable bonds is 7. The van der Waals surface area contributed by atoms with Crippen molar-refractivity contribution in [2.45, 2.75) is 89.1 Å². The van der Waals surface area contributed by atoms with E-state index in [-0.39, 0.29) is 29.6 Å². The van der Waals surface area contributed by atoms with Gasteiger partial charge in [0.1, 0.15) is 11.9 Å². The average Bonchev–Trinajstić information content (AvgIpc) is 3.08. The number of anilines is 3. The minimum atomic E-state index is -0.500. The number of hydrazine groups is 1. The summed E-state index contributed by atoms with van der Waals surface area (Å²) < 4.78 is 20.3. The maximum atomic E-state index is 14.4. The van der Waals surface area contributed by atoms with Gasteiger partial charge < -0.3 is 20.6 Å². The van der Waals surface area contributed by atoms with E-state index in [2.05, 4.69) is 44.9 Å². The van der Waals surface area contributed by atoms with Crippen molar-refractivity contribution in [2.24, 2.45) is 0 Å². The van der Waals surface area contributed by atoms with Crippen LogP contribution in [-0.4, -0.2) is 56.3 Å². The molecule has 34 heavy (non-hydrogen) atoms. The lowest BCUT2D eigenvalue weighted by atomic mass is 9.92. The lowest BCUT2D eigenvalue weighted by Crippen LogP contribution is -2.52. The first-order valence-electron chi connectivity index (χ1n) is 12.3. The Balaban J connectivity index is 1.18. The van der Waals surface area contributed by atoms with E-state index in [1.54, 1.807) is 0 Å². The van der Waals surface area contributed by atoms with Crippen molar-refractivity contribution in [3.05, 3.63) is 35.8 Å². The van der Waals surface area contributed by atoms with Gasteiger partial charge >= 0.3 is 0 Å². The highest BCUT2D eigenvalue weighted by Crippen LogP contribution is 2.38. The molecule has 2 aromatic rings. The number of fused-ring (bicyclic) bond motifs is 1. The minimum Gasteiger partial charge on any atom is -0.490 e. The molecule has 0 bridgehead atoms. The highest BCUT2D eigenvalue weighted by molar-refractivity contribution is 5.58. The van der Waals surface area contributed by atoms with Gasteiger partial charge in [-0.1, -0.05) is 0 Å². The Kier molecular flexibility index (Phi) is 6.35. The van der Waals surface area contributed by atoms with Crippen molar-refractivity contribution in [3.8, 4) is 5.75 Å². The molecule has 4 N–H and O–H groups in total. The smallest absolute Gasteiger partial charge is 0.229 e. The fourth-order valence-corrected chi connectivity index (χ4v) is 5.40. The van der Waals surface area contributed by atoms with Crippen LogP contribution in [-0.2, 0) is 0 Å². The third-order valence-corrected chi connectivity index (χ3v) is 7.52. The number of aliphatic hydroxyl groups excluding tert-OH is 1. The van der Waals surface area contributed by atoms with Crippen molar-refractivity contribution in [1.82, 2.24) is 20.3 Å². The molecule has 0 amide bonds. The summed E-state index contributed by atoms with van der Waals surface area (Å²) in [4.78, 5) is 11.0. The van der Waals surface area contributed by atoms with E-state index in [4.69, 9.17) is 4.74 Å². The van der Waals surface area contributed by atoms with Crippen LogP contribution >= 0.6 is 0 Å². The van der Waals surface area contributed by atoms with E-state index in [0.717, 1.165) is 36.4 Å². The van der Waals surface area contributed by atoms with E-state index in [0.29, 0.717) is 24.8 Å². The Morgan fingerprint density at radius 3 is 2.79 bits per heavy atom. The normalized spacial score (nSPS) is 28.1. The molecule has 2 aliphatic heterocycles. The molecule has 9 heteroatoms. The van der Waals surface area contributed by atoms with Crippen molar-refractivity contribution >= 4 is 17.5 Å². The second-order valence-corrected chi connectivity index (χ2v) is 10.5. The Hall–Kier alpha value is -2.49. The van der Waals surface area contributed by atoms with Crippen LogP contribution in [0.4, 0.5) is 21.8 Å². The van der Waals surface area contributed by atoms with Gasteiger partial charge in [-0.3, -0.25) is 4.90 Å². The van der Waals surface area contributed by atoms with Gasteiger partial charge in [0.15, 0.2) is 11.6 Å². The highest BCUT2D eigenvalue weighted by atomic mass is 19.1. The van der Waals surface area contributed by atoms with Crippen molar-refractivity contribution in [2.75, 3.05) is 17.3 Å². The topological polar surface area (TPSA) is 94.6 Å². The van der Waals surface area contributed by atoms with Crippen LogP contribution in [0.2, 0.25) is 0 Å². The zero-order chi connectivity index (χ0) is 23.9. The molecule has 0 unspecified atom stereocenters. The molecule has 3 fully saturated rings. The Morgan fingerprint density at radius 2 is 2.03 bits per heavy atom. The summed E-state index contributed by atoms with van der Waals surface area (Å²) in [6, 6.07) is 6.57. The fourth-order valence-electron chi connectivity index (χ4n) is 5.40.